The first kappa shape index (κ1) is 17.4. The number of benzene rings is 1. The molecule has 1 fully saturated rings. The van der Waals surface area contributed by atoms with Gasteiger partial charge < -0.3 is 9.52 Å². The number of amides is 1. The van der Waals surface area contributed by atoms with Crippen molar-refractivity contribution in [3.8, 4) is 11.3 Å². The van der Waals surface area contributed by atoms with Crippen molar-refractivity contribution in [1.29, 1.82) is 0 Å². The minimum atomic E-state index is -1.13. The van der Waals surface area contributed by atoms with E-state index < -0.39 is 17.9 Å². The zero-order chi connectivity index (χ0) is 18.1. The SMILES string of the molecule is C[C@@H](C(=O)O)N1C(=O)/C(=C/c2ccc(-c3ccc(F)cc3)o2)SC1=S. The maximum atomic E-state index is 13.0. The molecule has 0 bridgehead atoms. The van der Waals surface area contributed by atoms with Gasteiger partial charge in [-0.2, -0.15) is 0 Å². The number of carbonyl (C=O) groups is 2. The van der Waals surface area contributed by atoms with E-state index in [1.807, 2.05) is 0 Å². The summed E-state index contributed by atoms with van der Waals surface area (Å²) in [4.78, 5) is 24.8. The van der Waals surface area contributed by atoms with Gasteiger partial charge in [0, 0.05) is 11.6 Å². The van der Waals surface area contributed by atoms with Gasteiger partial charge in [0.2, 0.25) is 0 Å². The quantitative estimate of drug-likeness (QED) is 0.646. The van der Waals surface area contributed by atoms with Crippen molar-refractivity contribution >= 4 is 46.3 Å². The zero-order valence-corrected chi connectivity index (χ0v) is 14.6. The Morgan fingerprint density at radius 1 is 1.32 bits per heavy atom. The van der Waals surface area contributed by atoms with Crippen LogP contribution in [0.2, 0.25) is 0 Å². The van der Waals surface area contributed by atoms with Gasteiger partial charge in [0.05, 0.1) is 4.91 Å². The number of aliphatic carboxylic acids is 1. The molecule has 2 aromatic rings. The molecule has 1 N–H and O–H groups in total. The lowest BCUT2D eigenvalue weighted by Gasteiger charge is -2.18. The number of hydrogen-bond acceptors (Lipinski definition) is 5. The van der Waals surface area contributed by atoms with Gasteiger partial charge in [-0.15, -0.1) is 0 Å². The standard InChI is InChI=1S/C17H12FNO4S2/c1-9(16(21)22)19-15(20)14(25-17(19)24)8-12-6-7-13(23-12)10-2-4-11(18)5-3-10/h2-9H,1H3,(H,21,22)/b14-8-/t9-/m0/s1. The molecule has 0 spiro atoms. The van der Waals surface area contributed by atoms with Gasteiger partial charge in [0.15, 0.2) is 0 Å². The number of nitrogens with zero attached hydrogens (tertiary/aromatic N) is 1. The van der Waals surface area contributed by atoms with Crippen LogP contribution in [0.4, 0.5) is 4.39 Å². The topological polar surface area (TPSA) is 70.8 Å². The van der Waals surface area contributed by atoms with Crippen molar-refractivity contribution in [3.63, 3.8) is 0 Å². The summed E-state index contributed by atoms with van der Waals surface area (Å²) in [5.41, 5.74) is 0.702. The monoisotopic (exact) mass is 377 g/mol. The average Bonchev–Trinajstić information content (AvgIpc) is 3.13. The van der Waals surface area contributed by atoms with E-state index in [2.05, 4.69) is 0 Å². The normalized spacial score (nSPS) is 17.4. The molecule has 1 aromatic carbocycles. The first-order valence-corrected chi connectivity index (χ1v) is 8.45. The third-order valence-corrected chi connectivity index (χ3v) is 4.93. The molecule has 1 aliphatic rings. The van der Waals surface area contributed by atoms with Crippen molar-refractivity contribution in [2.75, 3.05) is 0 Å². The minimum absolute atomic E-state index is 0.191. The van der Waals surface area contributed by atoms with Gasteiger partial charge >= 0.3 is 5.97 Å². The van der Waals surface area contributed by atoms with Crippen molar-refractivity contribution in [2.24, 2.45) is 0 Å². The first-order valence-electron chi connectivity index (χ1n) is 7.22. The second kappa shape index (κ2) is 6.81. The van der Waals surface area contributed by atoms with Crippen LogP contribution >= 0.6 is 24.0 Å². The molecule has 1 amide bonds. The summed E-state index contributed by atoms with van der Waals surface area (Å²) in [6.45, 7) is 1.40. The van der Waals surface area contributed by atoms with Crippen LogP contribution in [-0.2, 0) is 9.59 Å². The Kier molecular flexibility index (Phi) is 4.73. The summed E-state index contributed by atoms with van der Waals surface area (Å²) in [6, 6.07) is 8.18. The molecule has 0 radical (unpaired) electrons. The molecular weight excluding hydrogens is 365 g/mol. The van der Waals surface area contributed by atoms with Crippen molar-refractivity contribution < 1.29 is 23.5 Å². The second-order valence-electron chi connectivity index (χ2n) is 5.27. The Labute approximate surface area is 152 Å². The van der Waals surface area contributed by atoms with Crippen LogP contribution in [0, 0.1) is 5.82 Å². The molecule has 25 heavy (non-hydrogen) atoms. The Hall–Kier alpha value is -2.45. The fourth-order valence-electron chi connectivity index (χ4n) is 2.25. The highest BCUT2D eigenvalue weighted by molar-refractivity contribution is 8.26. The van der Waals surface area contributed by atoms with Crippen molar-refractivity contribution in [1.82, 2.24) is 4.90 Å². The zero-order valence-electron chi connectivity index (χ0n) is 12.9. The van der Waals surface area contributed by atoms with E-state index in [0.717, 1.165) is 16.7 Å². The lowest BCUT2D eigenvalue weighted by atomic mass is 10.2. The number of furan rings is 1. The first-order chi connectivity index (χ1) is 11.9. The third kappa shape index (κ3) is 3.49. The molecule has 5 nitrogen and oxygen atoms in total. The van der Waals surface area contributed by atoms with Gasteiger partial charge in [-0.05, 0) is 43.3 Å². The van der Waals surface area contributed by atoms with Crippen molar-refractivity contribution in [2.45, 2.75) is 13.0 Å². The largest absolute Gasteiger partial charge is 0.480 e. The average molecular weight is 377 g/mol. The number of rotatable bonds is 4. The maximum absolute atomic E-state index is 13.0. The molecule has 128 valence electrons. The summed E-state index contributed by atoms with van der Waals surface area (Å²) in [7, 11) is 0. The highest BCUT2D eigenvalue weighted by Gasteiger charge is 2.38. The van der Waals surface area contributed by atoms with E-state index in [1.165, 1.54) is 25.1 Å². The van der Waals surface area contributed by atoms with E-state index in [9.17, 15) is 14.0 Å². The number of carboxylic acids is 1. The van der Waals surface area contributed by atoms with Gasteiger partial charge in [0.25, 0.3) is 5.91 Å². The lowest BCUT2D eigenvalue weighted by Crippen LogP contribution is -2.41. The van der Waals surface area contributed by atoms with Crippen LogP contribution in [0.1, 0.15) is 12.7 Å². The summed E-state index contributed by atoms with van der Waals surface area (Å²) in [5, 5.41) is 9.08. The maximum Gasteiger partial charge on any atom is 0.326 e. The molecule has 1 aromatic heterocycles. The number of thioether (sulfide) groups is 1. The minimum Gasteiger partial charge on any atom is -0.480 e. The summed E-state index contributed by atoms with van der Waals surface area (Å²) in [6.07, 6.45) is 1.51. The molecule has 0 aliphatic carbocycles. The Bertz CT molecular complexity index is 888. The van der Waals surface area contributed by atoms with E-state index >= 15 is 0 Å². The third-order valence-electron chi connectivity index (χ3n) is 3.60. The highest BCUT2D eigenvalue weighted by Crippen LogP contribution is 2.34. The van der Waals surface area contributed by atoms with E-state index in [-0.39, 0.29) is 15.0 Å². The van der Waals surface area contributed by atoms with Gasteiger partial charge in [-0.3, -0.25) is 9.69 Å². The summed E-state index contributed by atoms with van der Waals surface area (Å²) < 4.78 is 18.8. The van der Waals surface area contributed by atoms with Crippen LogP contribution in [0.5, 0.6) is 0 Å². The molecule has 8 heteroatoms. The van der Waals surface area contributed by atoms with Gasteiger partial charge in [0.1, 0.15) is 27.7 Å². The summed E-state index contributed by atoms with van der Waals surface area (Å²) in [5.74, 6) is -0.992. The fourth-order valence-corrected chi connectivity index (χ4v) is 3.65. The molecule has 1 aliphatic heterocycles. The van der Waals surface area contributed by atoms with E-state index in [1.54, 1.807) is 24.3 Å². The van der Waals surface area contributed by atoms with Gasteiger partial charge in [-0.25, -0.2) is 9.18 Å². The molecule has 1 saturated heterocycles. The molecular formula is C17H12FNO4S2. The van der Waals surface area contributed by atoms with Crippen LogP contribution in [0.25, 0.3) is 17.4 Å². The highest BCUT2D eigenvalue weighted by atomic mass is 32.2. The van der Waals surface area contributed by atoms with Gasteiger partial charge in [-0.1, -0.05) is 24.0 Å². The molecule has 3 rings (SSSR count). The number of hydrogen-bond donors (Lipinski definition) is 1. The van der Waals surface area contributed by atoms with Crippen LogP contribution < -0.4 is 0 Å². The van der Waals surface area contributed by atoms with E-state index in [0.29, 0.717) is 17.1 Å². The summed E-state index contributed by atoms with van der Waals surface area (Å²) >= 11 is 6.12. The molecule has 2 heterocycles. The Balaban J connectivity index is 1.84. The van der Waals surface area contributed by atoms with Crippen LogP contribution in [-0.4, -0.2) is 32.2 Å². The number of carbonyl (C=O) groups excluding carboxylic acids is 1. The number of thiocarbonyl (C=S) groups is 1. The number of carboxylic acid groups (broad SMARTS) is 1. The Morgan fingerprint density at radius 3 is 2.64 bits per heavy atom. The van der Waals surface area contributed by atoms with Crippen molar-refractivity contribution in [3.05, 3.63) is 52.9 Å². The predicted octanol–water partition coefficient (Wildman–Crippen LogP) is 3.76. The Morgan fingerprint density at radius 2 is 2.00 bits per heavy atom. The molecule has 0 unspecified atom stereocenters. The number of halogens is 1. The lowest BCUT2D eigenvalue weighted by molar-refractivity contribution is -0.144. The van der Waals surface area contributed by atoms with E-state index in [4.69, 9.17) is 21.7 Å². The molecule has 1 atom stereocenters. The smallest absolute Gasteiger partial charge is 0.326 e. The second-order valence-corrected chi connectivity index (χ2v) is 6.95. The molecule has 0 saturated carbocycles. The fraction of sp³-hybridized carbons (Fsp3) is 0.118. The predicted molar refractivity (Wildman–Crippen MR) is 96.2 cm³/mol. The van der Waals surface area contributed by atoms with Crippen LogP contribution in [0.3, 0.4) is 0 Å². The van der Waals surface area contributed by atoms with Crippen LogP contribution in [0.15, 0.2) is 45.7 Å².